The highest BCUT2D eigenvalue weighted by Crippen LogP contribution is 2.40. The van der Waals surface area contributed by atoms with Gasteiger partial charge in [0.05, 0.1) is 16.9 Å². The van der Waals surface area contributed by atoms with Crippen molar-refractivity contribution in [3.63, 3.8) is 0 Å². The van der Waals surface area contributed by atoms with Crippen molar-refractivity contribution in [2.45, 2.75) is 32.0 Å². The second-order valence-electron chi connectivity index (χ2n) is 6.80. The summed E-state index contributed by atoms with van der Waals surface area (Å²) in [4.78, 5) is 21.0. The fourth-order valence-corrected chi connectivity index (χ4v) is 3.26. The first-order valence-electron chi connectivity index (χ1n) is 8.58. The van der Waals surface area contributed by atoms with E-state index in [1.165, 1.54) is 16.9 Å². The van der Waals surface area contributed by atoms with Crippen LogP contribution in [0.5, 0.6) is 0 Å². The largest absolute Gasteiger partial charge is 0.408 e. The minimum Gasteiger partial charge on any atom is -0.340 e. The molecule has 0 aliphatic heterocycles. The number of nitrogens with zero attached hydrogens (tertiary/aromatic N) is 4. The van der Waals surface area contributed by atoms with Crippen molar-refractivity contribution in [1.82, 2.24) is 24.9 Å². The summed E-state index contributed by atoms with van der Waals surface area (Å²) < 4.78 is 41.1. The van der Waals surface area contributed by atoms with Gasteiger partial charge in [-0.2, -0.15) is 18.3 Å². The van der Waals surface area contributed by atoms with E-state index in [9.17, 15) is 18.0 Å². The number of aromatic nitrogens is 4. The molecule has 4 rings (SSSR count). The molecule has 146 valence electrons. The van der Waals surface area contributed by atoms with Gasteiger partial charge >= 0.3 is 6.18 Å². The zero-order chi connectivity index (χ0) is 20.1. The van der Waals surface area contributed by atoms with Crippen LogP contribution in [-0.2, 0) is 0 Å². The highest BCUT2D eigenvalue weighted by molar-refractivity contribution is 6.30. The van der Waals surface area contributed by atoms with Crippen molar-refractivity contribution in [2.24, 2.45) is 5.92 Å². The molecule has 6 nitrogen and oxygen atoms in total. The number of amides is 1. The van der Waals surface area contributed by atoms with Crippen LogP contribution in [-0.4, -0.2) is 37.7 Å². The summed E-state index contributed by atoms with van der Waals surface area (Å²) in [7, 11) is 0. The van der Waals surface area contributed by atoms with Gasteiger partial charge < -0.3 is 5.32 Å². The summed E-state index contributed by atoms with van der Waals surface area (Å²) in [6.45, 7) is 1.76. The Morgan fingerprint density at radius 2 is 2.04 bits per heavy atom. The molecule has 1 atom stereocenters. The molecule has 1 aliphatic carbocycles. The van der Waals surface area contributed by atoms with E-state index in [0.717, 1.165) is 0 Å². The van der Waals surface area contributed by atoms with Crippen LogP contribution >= 0.6 is 11.6 Å². The number of carbonyl (C=O) groups excluding carboxylic acids is 1. The summed E-state index contributed by atoms with van der Waals surface area (Å²) in [5.41, 5.74) is 1.92. The molecule has 10 heteroatoms. The normalized spacial score (nSPS) is 15.6. The molecular weight excluding hydrogens is 395 g/mol. The molecule has 1 aliphatic rings. The van der Waals surface area contributed by atoms with Crippen molar-refractivity contribution in [2.75, 3.05) is 0 Å². The molecule has 28 heavy (non-hydrogen) atoms. The maximum absolute atomic E-state index is 13.2. The number of pyridine rings is 1. The smallest absolute Gasteiger partial charge is 0.340 e. The maximum Gasteiger partial charge on any atom is 0.408 e. The van der Waals surface area contributed by atoms with E-state index >= 15 is 0 Å². The van der Waals surface area contributed by atoms with Crippen molar-refractivity contribution >= 4 is 23.2 Å². The van der Waals surface area contributed by atoms with Gasteiger partial charge in [-0.1, -0.05) is 11.6 Å². The average Bonchev–Trinajstić information content (AvgIpc) is 3.36. The van der Waals surface area contributed by atoms with Crippen LogP contribution in [0, 0.1) is 12.8 Å². The van der Waals surface area contributed by atoms with Crippen molar-refractivity contribution in [3.8, 4) is 11.3 Å². The van der Waals surface area contributed by atoms with Crippen LogP contribution in [0.1, 0.15) is 28.9 Å². The van der Waals surface area contributed by atoms with Gasteiger partial charge in [-0.25, -0.2) is 9.50 Å². The number of carbonyl (C=O) groups is 1. The zero-order valence-electron chi connectivity index (χ0n) is 14.7. The van der Waals surface area contributed by atoms with Crippen LogP contribution in [0.15, 0.2) is 30.7 Å². The Bertz CT molecular complexity index is 1060. The SMILES string of the molecule is Cc1cc(-c2cncc(Cl)c2)nc2c(C(=O)NC(C3CC3)C(F)(F)F)cnn12. The lowest BCUT2D eigenvalue weighted by Crippen LogP contribution is -2.46. The predicted octanol–water partition coefficient (Wildman–Crippen LogP) is 3.82. The fourth-order valence-electron chi connectivity index (χ4n) is 3.09. The van der Waals surface area contributed by atoms with E-state index < -0.39 is 24.0 Å². The van der Waals surface area contributed by atoms with Gasteiger partial charge in [0.2, 0.25) is 0 Å². The number of fused-ring (bicyclic) bond motifs is 1. The van der Waals surface area contributed by atoms with Crippen LogP contribution < -0.4 is 5.32 Å². The lowest BCUT2D eigenvalue weighted by molar-refractivity contribution is -0.158. The molecule has 1 fully saturated rings. The van der Waals surface area contributed by atoms with Gasteiger partial charge in [0.25, 0.3) is 5.91 Å². The molecule has 1 amide bonds. The quantitative estimate of drug-likeness (QED) is 0.711. The van der Waals surface area contributed by atoms with E-state index in [4.69, 9.17) is 11.6 Å². The Balaban J connectivity index is 1.72. The highest BCUT2D eigenvalue weighted by atomic mass is 35.5. The molecule has 1 saturated carbocycles. The minimum absolute atomic E-state index is 0.0187. The molecular formula is C18H15ClF3N5O. The van der Waals surface area contributed by atoms with Gasteiger partial charge in [-0.05, 0) is 37.8 Å². The second kappa shape index (κ2) is 6.73. The number of alkyl halides is 3. The number of rotatable bonds is 4. The Hall–Kier alpha value is -2.68. The molecule has 0 aromatic carbocycles. The van der Waals surface area contributed by atoms with Crippen LogP contribution in [0.2, 0.25) is 5.02 Å². The number of halogens is 4. The summed E-state index contributed by atoms with van der Waals surface area (Å²) in [6.07, 6.45) is 0.660. The van der Waals surface area contributed by atoms with E-state index in [-0.39, 0.29) is 11.2 Å². The fraction of sp³-hybridized carbons (Fsp3) is 0.333. The minimum atomic E-state index is -4.50. The lowest BCUT2D eigenvalue weighted by atomic mass is 10.1. The van der Waals surface area contributed by atoms with Gasteiger partial charge in [-0.15, -0.1) is 0 Å². The van der Waals surface area contributed by atoms with E-state index in [1.807, 2.05) is 0 Å². The summed E-state index contributed by atoms with van der Waals surface area (Å²) >= 11 is 5.97. The van der Waals surface area contributed by atoms with Gasteiger partial charge in [0, 0.05) is 23.7 Å². The standard InChI is InChI=1S/C18H15ClF3N5O/c1-9-4-14(11-5-12(19)7-23-6-11)25-16-13(8-24-27(9)16)17(28)26-15(10-2-3-10)18(20,21)22/h4-8,10,15H,2-3H2,1H3,(H,26,28). The van der Waals surface area contributed by atoms with Gasteiger partial charge in [-0.3, -0.25) is 9.78 Å². The summed E-state index contributed by atoms with van der Waals surface area (Å²) in [5.74, 6) is -1.42. The third-order valence-corrected chi connectivity index (χ3v) is 4.83. The Morgan fingerprint density at radius 1 is 1.29 bits per heavy atom. The van der Waals surface area contributed by atoms with Crippen LogP contribution in [0.4, 0.5) is 13.2 Å². The molecule has 0 spiro atoms. The van der Waals surface area contributed by atoms with Crippen molar-refractivity contribution < 1.29 is 18.0 Å². The molecule has 3 aromatic heterocycles. The monoisotopic (exact) mass is 409 g/mol. The van der Waals surface area contributed by atoms with Crippen LogP contribution in [0.3, 0.4) is 0 Å². The number of aryl methyl sites for hydroxylation is 1. The highest BCUT2D eigenvalue weighted by Gasteiger charge is 2.49. The molecule has 3 heterocycles. The molecule has 0 bridgehead atoms. The van der Waals surface area contributed by atoms with Crippen LogP contribution in [0.25, 0.3) is 16.9 Å². The van der Waals surface area contributed by atoms with E-state index in [0.29, 0.717) is 34.8 Å². The van der Waals surface area contributed by atoms with E-state index in [1.54, 1.807) is 25.3 Å². The van der Waals surface area contributed by atoms with E-state index in [2.05, 4.69) is 20.4 Å². The first-order valence-corrected chi connectivity index (χ1v) is 8.95. The van der Waals surface area contributed by atoms with Crippen molar-refractivity contribution in [3.05, 3.63) is 47.0 Å². The number of hydrogen-bond acceptors (Lipinski definition) is 4. The maximum atomic E-state index is 13.2. The average molecular weight is 410 g/mol. The third-order valence-electron chi connectivity index (χ3n) is 4.63. The third kappa shape index (κ3) is 3.54. The molecule has 1 N–H and O–H groups in total. The topological polar surface area (TPSA) is 72.2 Å². The summed E-state index contributed by atoms with van der Waals surface area (Å²) in [5, 5.41) is 6.62. The molecule has 0 radical (unpaired) electrons. The zero-order valence-corrected chi connectivity index (χ0v) is 15.4. The number of hydrogen-bond donors (Lipinski definition) is 1. The van der Waals surface area contributed by atoms with Gasteiger partial charge in [0.15, 0.2) is 5.65 Å². The van der Waals surface area contributed by atoms with Gasteiger partial charge in [0.1, 0.15) is 11.6 Å². The molecule has 0 saturated heterocycles. The molecule has 3 aromatic rings. The second-order valence-corrected chi connectivity index (χ2v) is 7.23. The predicted molar refractivity (Wildman–Crippen MR) is 96.0 cm³/mol. The number of nitrogens with one attached hydrogen (secondary N) is 1. The summed E-state index contributed by atoms with van der Waals surface area (Å²) in [6, 6.07) is 1.53. The van der Waals surface area contributed by atoms with Crippen molar-refractivity contribution in [1.29, 1.82) is 0 Å². The Labute approximate surface area is 162 Å². The Morgan fingerprint density at radius 3 is 2.68 bits per heavy atom. The first-order chi connectivity index (χ1) is 13.2. The Kier molecular flexibility index (Phi) is 4.49. The molecule has 1 unspecified atom stereocenters. The lowest BCUT2D eigenvalue weighted by Gasteiger charge is -2.20. The first kappa shape index (κ1) is 18.7.